The molecule has 2 aromatic rings. The van der Waals surface area contributed by atoms with Crippen molar-refractivity contribution in [3.63, 3.8) is 0 Å². The van der Waals surface area contributed by atoms with E-state index >= 15 is 0 Å². The van der Waals surface area contributed by atoms with Crippen molar-refractivity contribution in [2.75, 3.05) is 33.3 Å². The Balaban J connectivity index is 1.55. The van der Waals surface area contributed by atoms with Crippen molar-refractivity contribution in [3.05, 3.63) is 71.8 Å². The maximum absolute atomic E-state index is 13.8. The Bertz CT molecular complexity index is 1160. The molecule has 2 fully saturated rings. The summed E-state index contributed by atoms with van der Waals surface area (Å²) in [5, 5.41) is 2.80. The van der Waals surface area contributed by atoms with Gasteiger partial charge in [-0.2, -0.15) is 0 Å². The van der Waals surface area contributed by atoms with Gasteiger partial charge in [-0.05, 0) is 24.0 Å². The molecule has 2 aliphatic heterocycles. The summed E-state index contributed by atoms with van der Waals surface area (Å²) in [5.74, 6) is -2.12. The van der Waals surface area contributed by atoms with Gasteiger partial charge in [0.15, 0.2) is 0 Å². The highest BCUT2D eigenvalue weighted by atomic mass is 16.5. The first kappa shape index (κ1) is 27.5. The number of nitrogens with zero attached hydrogens (tertiary/aromatic N) is 2. The lowest BCUT2D eigenvalue weighted by atomic mass is 9.68. The van der Waals surface area contributed by atoms with Gasteiger partial charge in [0, 0.05) is 32.6 Å². The van der Waals surface area contributed by atoms with Crippen molar-refractivity contribution in [2.24, 2.45) is 23.0 Å². The van der Waals surface area contributed by atoms with Crippen molar-refractivity contribution < 1.29 is 23.9 Å². The minimum absolute atomic E-state index is 0.0326. The number of fused-ring (bicyclic) bond motifs is 1. The van der Waals surface area contributed by atoms with Crippen molar-refractivity contribution in [1.29, 1.82) is 0 Å². The zero-order valence-electron chi connectivity index (χ0n) is 22.0. The molecule has 2 heterocycles. The monoisotopic (exact) mass is 520 g/mol. The second kappa shape index (κ2) is 11.9. The normalized spacial score (nSPS) is 22.7. The van der Waals surface area contributed by atoms with Gasteiger partial charge in [0.25, 0.3) is 0 Å². The summed E-state index contributed by atoms with van der Waals surface area (Å²) in [5.41, 5.74) is 6.49. The molecular weight excluding hydrogens is 484 g/mol. The Morgan fingerprint density at radius 1 is 1.08 bits per heavy atom. The third kappa shape index (κ3) is 5.63. The number of carbonyl (C=O) groups is 4. The quantitative estimate of drug-likeness (QED) is 0.456. The molecule has 2 aliphatic rings. The maximum Gasteiger partial charge on any atom is 0.247 e. The molecule has 2 aromatic carbocycles. The Morgan fingerprint density at radius 3 is 2.34 bits per heavy atom. The number of nitrogens with one attached hydrogen (secondary N) is 1. The van der Waals surface area contributed by atoms with Crippen LogP contribution in [0, 0.1) is 17.3 Å². The number of benzene rings is 2. The van der Waals surface area contributed by atoms with Crippen LogP contribution in [-0.2, 0) is 36.9 Å². The van der Waals surface area contributed by atoms with Crippen LogP contribution in [0.5, 0.6) is 0 Å². The van der Waals surface area contributed by atoms with Gasteiger partial charge in [0.05, 0.1) is 24.5 Å². The first-order valence-corrected chi connectivity index (χ1v) is 13.0. The molecule has 3 N–H and O–H groups in total. The minimum atomic E-state index is -1.05. The van der Waals surface area contributed by atoms with E-state index in [0.717, 1.165) is 11.1 Å². The molecule has 0 aromatic heterocycles. The van der Waals surface area contributed by atoms with Crippen molar-refractivity contribution in [1.82, 2.24) is 15.1 Å². The number of hydrogen-bond donors (Lipinski definition) is 2. The Morgan fingerprint density at radius 2 is 1.71 bits per heavy atom. The number of piperidine rings is 1. The van der Waals surface area contributed by atoms with E-state index in [1.165, 1.54) is 11.9 Å². The summed E-state index contributed by atoms with van der Waals surface area (Å²) >= 11 is 0. The molecule has 4 atom stereocenters. The molecule has 0 aliphatic carbocycles. The molecule has 0 spiro atoms. The van der Waals surface area contributed by atoms with Crippen LogP contribution in [-0.4, -0.2) is 72.8 Å². The zero-order chi connectivity index (χ0) is 27.3. The van der Waals surface area contributed by atoms with E-state index in [4.69, 9.17) is 10.5 Å². The number of carbonyl (C=O) groups excluding carboxylic acids is 4. The first-order valence-electron chi connectivity index (χ1n) is 13.0. The Kier molecular flexibility index (Phi) is 8.58. The largest absolute Gasteiger partial charge is 0.374 e. The Labute approximate surface area is 223 Å². The number of imide groups is 1. The maximum atomic E-state index is 13.8. The molecule has 4 amide bonds. The van der Waals surface area contributed by atoms with Crippen LogP contribution in [0.2, 0.25) is 0 Å². The van der Waals surface area contributed by atoms with Crippen LogP contribution in [0.15, 0.2) is 60.7 Å². The van der Waals surface area contributed by atoms with E-state index in [2.05, 4.69) is 5.32 Å². The summed E-state index contributed by atoms with van der Waals surface area (Å²) < 4.78 is 5.85. The van der Waals surface area contributed by atoms with Crippen LogP contribution in [0.3, 0.4) is 0 Å². The molecule has 0 saturated carbocycles. The van der Waals surface area contributed by atoms with Crippen LogP contribution >= 0.6 is 0 Å². The number of ether oxygens (including phenoxy) is 1. The summed E-state index contributed by atoms with van der Waals surface area (Å²) in [6, 6.07) is 18.1. The molecule has 9 nitrogen and oxygen atoms in total. The van der Waals surface area contributed by atoms with Gasteiger partial charge in [-0.3, -0.25) is 24.1 Å². The number of likely N-dealkylation sites (tertiary alicyclic amines) is 2. The van der Waals surface area contributed by atoms with Crippen molar-refractivity contribution in [2.45, 2.75) is 32.4 Å². The molecule has 0 radical (unpaired) electrons. The summed E-state index contributed by atoms with van der Waals surface area (Å²) in [6.07, 6.45) is 0.723. The third-order valence-corrected chi connectivity index (χ3v) is 7.67. The molecule has 2 saturated heterocycles. The average Bonchev–Trinajstić information content (AvgIpc) is 3.12. The fourth-order valence-corrected chi connectivity index (χ4v) is 5.42. The Hall–Kier alpha value is -3.56. The van der Waals surface area contributed by atoms with Gasteiger partial charge in [-0.15, -0.1) is 0 Å². The number of rotatable bonds is 10. The van der Waals surface area contributed by atoms with Crippen LogP contribution in [0.25, 0.3) is 0 Å². The molecule has 3 unspecified atom stereocenters. The first-order chi connectivity index (χ1) is 18.3. The van der Waals surface area contributed by atoms with Gasteiger partial charge in [-0.1, -0.05) is 67.6 Å². The predicted octanol–water partition coefficient (Wildman–Crippen LogP) is 1.36. The van der Waals surface area contributed by atoms with Gasteiger partial charge < -0.3 is 20.7 Å². The van der Waals surface area contributed by atoms with E-state index in [-0.39, 0.29) is 49.9 Å². The van der Waals surface area contributed by atoms with Crippen LogP contribution in [0.1, 0.15) is 24.5 Å². The molecule has 38 heavy (non-hydrogen) atoms. The number of nitrogens with two attached hydrogens (primary N) is 1. The lowest BCUT2D eigenvalue weighted by molar-refractivity contribution is -0.147. The van der Waals surface area contributed by atoms with Gasteiger partial charge in [0.2, 0.25) is 23.6 Å². The van der Waals surface area contributed by atoms with Gasteiger partial charge in [0.1, 0.15) is 6.04 Å². The highest BCUT2D eigenvalue weighted by Gasteiger charge is 2.60. The van der Waals surface area contributed by atoms with Crippen LogP contribution in [0.4, 0.5) is 0 Å². The van der Waals surface area contributed by atoms with E-state index in [0.29, 0.717) is 19.4 Å². The van der Waals surface area contributed by atoms with Gasteiger partial charge in [-0.25, -0.2) is 0 Å². The molecule has 0 bridgehead atoms. The summed E-state index contributed by atoms with van der Waals surface area (Å²) in [7, 11) is 1.51. The summed E-state index contributed by atoms with van der Waals surface area (Å²) in [4.78, 5) is 55.8. The SMILES string of the molecule is CC(CN)C(=O)N[C@H](COCc1ccccc1)C(=O)N1CCC2C(=O)N(C)C(=O)C2(Cc2ccccc2)C1. The average molecular weight is 521 g/mol. The number of hydrogen-bond acceptors (Lipinski definition) is 6. The standard InChI is InChI=1S/C29H36N4O5/c1-20(16-30)25(34)31-24(18-38-17-22-11-7-4-8-12-22)27(36)33-14-13-23-26(35)32(2)28(37)29(23,19-33)15-21-9-5-3-6-10-21/h3-12,20,23-24H,13-19,30H2,1-2H3,(H,31,34)/t20?,23?,24-,29?/m1/s1. The fourth-order valence-electron chi connectivity index (χ4n) is 5.42. The predicted molar refractivity (Wildman–Crippen MR) is 141 cm³/mol. The van der Waals surface area contributed by atoms with E-state index in [1.54, 1.807) is 11.8 Å². The molecule has 4 rings (SSSR count). The van der Waals surface area contributed by atoms with Crippen molar-refractivity contribution >= 4 is 23.6 Å². The van der Waals surface area contributed by atoms with Crippen LogP contribution < -0.4 is 11.1 Å². The third-order valence-electron chi connectivity index (χ3n) is 7.67. The second-order valence-electron chi connectivity index (χ2n) is 10.3. The fraction of sp³-hybridized carbons (Fsp3) is 0.448. The van der Waals surface area contributed by atoms with E-state index < -0.39 is 23.3 Å². The van der Waals surface area contributed by atoms with E-state index in [9.17, 15) is 19.2 Å². The lowest BCUT2D eigenvalue weighted by Gasteiger charge is -2.43. The second-order valence-corrected chi connectivity index (χ2v) is 10.3. The highest BCUT2D eigenvalue weighted by molar-refractivity contribution is 6.08. The van der Waals surface area contributed by atoms with Gasteiger partial charge >= 0.3 is 0 Å². The van der Waals surface area contributed by atoms with Crippen molar-refractivity contribution in [3.8, 4) is 0 Å². The minimum Gasteiger partial charge on any atom is -0.374 e. The van der Waals surface area contributed by atoms with E-state index in [1.807, 2.05) is 60.7 Å². The lowest BCUT2D eigenvalue weighted by Crippen LogP contribution is -2.59. The smallest absolute Gasteiger partial charge is 0.247 e. The molecular formula is C29H36N4O5. The molecule has 9 heteroatoms. The zero-order valence-corrected chi connectivity index (χ0v) is 22.0. The topological polar surface area (TPSA) is 122 Å². The summed E-state index contributed by atoms with van der Waals surface area (Å²) in [6.45, 7) is 2.49. The highest BCUT2D eigenvalue weighted by Crippen LogP contribution is 2.46. The molecule has 202 valence electrons. The number of amides is 4.